The quantitative estimate of drug-likeness (QED) is 0.836. The van der Waals surface area contributed by atoms with E-state index in [1.165, 1.54) is 6.07 Å². The molecule has 1 aromatic rings. The molecule has 3 rings (SSSR count). The Morgan fingerprint density at radius 1 is 1.14 bits per heavy atom. The van der Waals surface area contributed by atoms with Gasteiger partial charge in [0.15, 0.2) is 0 Å². The van der Waals surface area contributed by atoms with Gasteiger partial charge in [0.05, 0.1) is 5.56 Å². The topological polar surface area (TPSA) is 80.0 Å². The predicted octanol–water partition coefficient (Wildman–Crippen LogP) is 2.43. The standard InChI is InChI=1S/C14H16F3N5/c15-14(16,17)9-4-3-5-10(8-9)22-12(19)20-11(18)21-13(22)6-1-2-7-13/h3-5,8H,1-2,6-7H2,(H4,18,19,20,21). The normalized spacial score (nSPS) is 21.0. The number of rotatable bonds is 1. The van der Waals surface area contributed by atoms with Crippen LogP contribution in [0.3, 0.4) is 0 Å². The second-order valence-electron chi connectivity index (χ2n) is 5.51. The van der Waals surface area contributed by atoms with Gasteiger partial charge in [-0.05, 0) is 43.9 Å². The minimum absolute atomic E-state index is 0.0719. The summed E-state index contributed by atoms with van der Waals surface area (Å²) in [6, 6.07) is 5.03. The van der Waals surface area contributed by atoms with Crippen molar-refractivity contribution in [2.75, 3.05) is 4.90 Å². The van der Waals surface area contributed by atoms with E-state index in [-0.39, 0.29) is 11.9 Å². The third-order valence-electron chi connectivity index (χ3n) is 4.03. The van der Waals surface area contributed by atoms with Gasteiger partial charge in [-0.2, -0.15) is 18.2 Å². The summed E-state index contributed by atoms with van der Waals surface area (Å²) in [6.45, 7) is 0. The number of aliphatic imine (C=N–C) groups is 2. The lowest BCUT2D eigenvalue weighted by Gasteiger charge is -2.41. The third kappa shape index (κ3) is 2.38. The van der Waals surface area contributed by atoms with Gasteiger partial charge in [-0.3, -0.25) is 4.90 Å². The van der Waals surface area contributed by atoms with Gasteiger partial charge in [0.1, 0.15) is 5.66 Å². The number of hydrogen-bond donors (Lipinski definition) is 2. The molecule has 0 radical (unpaired) electrons. The Bertz CT molecular complexity index is 644. The molecule has 4 N–H and O–H groups in total. The lowest BCUT2D eigenvalue weighted by Crippen LogP contribution is -2.56. The minimum Gasteiger partial charge on any atom is -0.369 e. The maximum absolute atomic E-state index is 12.9. The number of alkyl halides is 3. The predicted molar refractivity (Wildman–Crippen MR) is 78.4 cm³/mol. The van der Waals surface area contributed by atoms with Crippen molar-refractivity contribution in [1.82, 2.24) is 0 Å². The van der Waals surface area contributed by atoms with Gasteiger partial charge in [0.25, 0.3) is 0 Å². The molecule has 118 valence electrons. The van der Waals surface area contributed by atoms with Gasteiger partial charge in [0.2, 0.25) is 11.9 Å². The van der Waals surface area contributed by atoms with Crippen molar-refractivity contribution in [3.8, 4) is 0 Å². The zero-order chi connectivity index (χ0) is 16.0. The fourth-order valence-electron chi connectivity index (χ4n) is 3.14. The van der Waals surface area contributed by atoms with E-state index < -0.39 is 17.4 Å². The molecule has 0 unspecified atom stereocenters. The molecule has 1 fully saturated rings. The summed E-state index contributed by atoms with van der Waals surface area (Å²) >= 11 is 0. The summed E-state index contributed by atoms with van der Waals surface area (Å²) in [5.41, 5.74) is 10.5. The summed E-state index contributed by atoms with van der Waals surface area (Å²) in [6.07, 6.45) is -1.22. The first-order valence-corrected chi connectivity index (χ1v) is 6.99. The summed E-state index contributed by atoms with van der Waals surface area (Å²) < 4.78 is 38.8. The molecule has 1 aliphatic carbocycles. The fourth-order valence-corrected chi connectivity index (χ4v) is 3.14. The van der Waals surface area contributed by atoms with E-state index in [1.807, 2.05) is 0 Å². The zero-order valence-corrected chi connectivity index (χ0v) is 11.8. The molecule has 0 bridgehead atoms. The Morgan fingerprint density at radius 3 is 2.45 bits per heavy atom. The Kier molecular flexibility index (Phi) is 3.26. The highest BCUT2D eigenvalue weighted by Crippen LogP contribution is 2.41. The molecule has 1 aromatic carbocycles. The Balaban J connectivity index is 2.08. The van der Waals surface area contributed by atoms with E-state index in [4.69, 9.17) is 11.5 Å². The molecule has 1 heterocycles. The van der Waals surface area contributed by atoms with E-state index in [1.54, 1.807) is 11.0 Å². The van der Waals surface area contributed by atoms with Crippen molar-refractivity contribution >= 4 is 17.6 Å². The van der Waals surface area contributed by atoms with Crippen molar-refractivity contribution in [1.29, 1.82) is 0 Å². The van der Waals surface area contributed by atoms with Crippen molar-refractivity contribution in [2.45, 2.75) is 37.5 Å². The average Bonchev–Trinajstić information content (AvgIpc) is 2.85. The van der Waals surface area contributed by atoms with Crippen LogP contribution in [0.4, 0.5) is 18.9 Å². The maximum Gasteiger partial charge on any atom is 0.416 e. The van der Waals surface area contributed by atoms with Crippen molar-refractivity contribution in [2.24, 2.45) is 21.5 Å². The highest BCUT2D eigenvalue weighted by Gasteiger charge is 2.44. The average molecular weight is 311 g/mol. The molecule has 2 aliphatic rings. The Hall–Kier alpha value is -2.25. The van der Waals surface area contributed by atoms with Crippen molar-refractivity contribution < 1.29 is 13.2 Å². The molecule has 22 heavy (non-hydrogen) atoms. The first kappa shape index (κ1) is 14.7. The minimum atomic E-state index is -4.41. The lowest BCUT2D eigenvalue weighted by molar-refractivity contribution is -0.137. The molecule has 0 saturated heterocycles. The van der Waals surface area contributed by atoms with Crippen LogP contribution in [0.2, 0.25) is 0 Å². The van der Waals surface area contributed by atoms with Crippen LogP contribution < -0.4 is 16.4 Å². The number of hydrogen-bond acceptors (Lipinski definition) is 5. The van der Waals surface area contributed by atoms with Crippen LogP contribution in [0.15, 0.2) is 34.3 Å². The molecule has 0 aromatic heterocycles. The van der Waals surface area contributed by atoms with E-state index in [9.17, 15) is 13.2 Å². The van der Waals surface area contributed by atoms with Gasteiger partial charge >= 0.3 is 6.18 Å². The highest BCUT2D eigenvalue weighted by molar-refractivity contribution is 6.05. The van der Waals surface area contributed by atoms with Crippen LogP contribution in [-0.4, -0.2) is 17.6 Å². The second-order valence-corrected chi connectivity index (χ2v) is 5.51. The summed E-state index contributed by atoms with van der Waals surface area (Å²) in [4.78, 5) is 9.88. The van der Waals surface area contributed by atoms with E-state index in [2.05, 4.69) is 9.98 Å². The molecule has 1 aliphatic heterocycles. The van der Waals surface area contributed by atoms with Crippen molar-refractivity contribution in [3.05, 3.63) is 29.8 Å². The van der Waals surface area contributed by atoms with Crippen LogP contribution in [0.25, 0.3) is 0 Å². The van der Waals surface area contributed by atoms with Crippen LogP contribution >= 0.6 is 0 Å². The maximum atomic E-state index is 12.9. The first-order chi connectivity index (χ1) is 10.3. The largest absolute Gasteiger partial charge is 0.416 e. The van der Waals surface area contributed by atoms with Crippen LogP contribution in [-0.2, 0) is 6.18 Å². The van der Waals surface area contributed by atoms with Crippen LogP contribution in [0, 0.1) is 0 Å². The summed E-state index contributed by atoms with van der Waals surface area (Å²) in [5.74, 6) is 0.149. The number of benzene rings is 1. The zero-order valence-electron chi connectivity index (χ0n) is 11.8. The van der Waals surface area contributed by atoms with Gasteiger partial charge < -0.3 is 11.5 Å². The number of nitrogens with two attached hydrogens (primary N) is 2. The van der Waals surface area contributed by atoms with Gasteiger partial charge in [-0.25, -0.2) is 4.99 Å². The molecule has 0 atom stereocenters. The van der Waals surface area contributed by atoms with Crippen molar-refractivity contribution in [3.63, 3.8) is 0 Å². The molecule has 0 amide bonds. The lowest BCUT2D eigenvalue weighted by atomic mass is 10.0. The fraction of sp³-hybridized carbons (Fsp3) is 0.429. The summed E-state index contributed by atoms with van der Waals surface area (Å²) in [7, 11) is 0. The molecule has 1 spiro atoms. The van der Waals surface area contributed by atoms with Gasteiger partial charge in [-0.15, -0.1) is 0 Å². The Labute approximate surface area is 125 Å². The number of nitrogens with zero attached hydrogens (tertiary/aromatic N) is 3. The first-order valence-electron chi connectivity index (χ1n) is 6.99. The summed E-state index contributed by atoms with van der Waals surface area (Å²) in [5, 5.41) is 0. The van der Waals surface area contributed by atoms with Crippen LogP contribution in [0.1, 0.15) is 31.2 Å². The van der Waals surface area contributed by atoms with E-state index in [0.717, 1.165) is 25.0 Å². The smallest absolute Gasteiger partial charge is 0.369 e. The Morgan fingerprint density at radius 2 is 1.82 bits per heavy atom. The molecular formula is C14H16F3N5. The SMILES string of the molecule is NC1=NC2(CCCC2)N(c2cccc(C(F)(F)F)c2)C(N)=N1. The monoisotopic (exact) mass is 311 g/mol. The molecule has 1 saturated carbocycles. The van der Waals surface area contributed by atoms with E-state index >= 15 is 0 Å². The van der Waals surface area contributed by atoms with E-state index in [0.29, 0.717) is 18.5 Å². The molecule has 5 nitrogen and oxygen atoms in total. The van der Waals surface area contributed by atoms with Gasteiger partial charge in [0, 0.05) is 5.69 Å². The number of anilines is 1. The molecular weight excluding hydrogens is 295 g/mol. The second kappa shape index (κ2) is 4.89. The van der Waals surface area contributed by atoms with Crippen LogP contribution in [0.5, 0.6) is 0 Å². The van der Waals surface area contributed by atoms with Gasteiger partial charge in [-0.1, -0.05) is 6.07 Å². The number of guanidine groups is 2. The number of halogens is 3. The molecule has 8 heteroatoms. The third-order valence-corrected chi connectivity index (χ3v) is 4.03. The highest BCUT2D eigenvalue weighted by atomic mass is 19.4.